The summed E-state index contributed by atoms with van der Waals surface area (Å²) in [5, 5.41) is 0. The molecule has 1 aliphatic heterocycles. The van der Waals surface area contributed by atoms with Gasteiger partial charge < -0.3 is 4.90 Å². The van der Waals surface area contributed by atoms with Crippen molar-refractivity contribution in [3.8, 4) is 0 Å². The molecule has 4 heteroatoms. The van der Waals surface area contributed by atoms with Crippen LogP contribution in [0, 0.1) is 6.92 Å². The maximum atomic E-state index is 4.32. The lowest BCUT2D eigenvalue weighted by atomic mass is 9.96. The molecule has 0 aromatic heterocycles. The van der Waals surface area contributed by atoms with Gasteiger partial charge in [-0.3, -0.25) is 4.99 Å². The van der Waals surface area contributed by atoms with Crippen molar-refractivity contribution in [2.45, 2.75) is 72.8 Å². The van der Waals surface area contributed by atoms with Gasteiger partial charge >= 0.3 is 0 Å². The van der Waals surface area contributed by atoms with Crippen LogP contribution in [0.5, 0.6) is 0 Å². The van der Waals surface area contributed by atoms with E-state index in [-0.39, 0.29) is 16.2 Å². The lowest BCUT2D eigenvalue weighted by Gasteiger charge is -2.48. The van der Waals surface area contributed by atoms with Crippen molar-refractivity contribution >= 4 is 28.4 Å². The number of anilines is 1. The van der Waals surface area contributed by atoms with E-state index in [1.807, 2.05) is 41.0 Å². The summed E-state index contributed by atoms with van der Waals surface area (Å²) in [4.78, 5) is 6.89. The molecule has 1 aromatic carbocycles. The van der Waals surface area contributed by atoms with Crippen LogP contribution in [0.25, 0.3) is 0 Å². The minimum atomic E-state index is 0.0727. The van der Waals surface area contributed by atoms with Gasteiger partial charge in [-0.25, -0.2) is 4.31 Å². The molecule has 28 heavy (non-hydrogen) atoms. The Kier molecular flexibility index (Phi) is 9.92. The third kappa shape index (κ3) is 5.93. The van der Waals surface area contributed by atoms with Crippen molar-refractivity contribution in [1.82, 2.24) is 4.31 Å². The predicted octanol–water partition coefficient (Wildman–Crippen LogP) is 6.12. The maximum Gasteiger partial charge on any atom is 0.0461 e. The first-order valence-electron chi connectivity index (χ1n) is 10.9. The molecule has 3 nitrogen and oxygen atoms in total. The highest BCUT2D eigenvalue weighted by Gasteiger charge is 2.35. The maximum absolute atomic E-state index is 4.32. The topological polar surface area (TPSA) is 18.8 Å². The number of aliphatic imine (C=N–C) groups is 1. The molecule has 160 valence electrons. The molecule has 1 aromatic rings. The zero-order valence-corrected chi connectivity index (χ0v) is 20.6. The molecule has 1 aliphatic carbocycles. The number of piperazine rings is 1. The number of aryl methyl sites for hydroxylation is 1. The van der Waals surface area contributed by atoms with Gasteiger partial charge in [0.05, 0.1) is 0 Å². The van der Waals surface area contributed by atoms with Crippen molar-refractivity contribution in [3.63, 3.8) is 0 Å². The zero-order chi connectivity index (χ0) is 21.5. The molecule has 0 N–H and O–H groups in total. The van der Waals surface area contributed by atoms with E-state index in [4.69, 9.17) is 0 Å². The van der Waals surface area contributed by atoms with Crippen LogP contribution < -0.4 is 4.90 Å². The van der Waals surface area contributed by atoms with E-state index in [2.05, 4.69) is 59.2 Å². The highest BCUT2D eigenvalue weighted by atomic mass is 32.2. The molecule has 1 atom stereocenters. The second kappa shape index (κ2) is 11.2. The average molecular weight is 406 g/mol. The zero-order valence-electron chi connectivity index (χ0n) is 19.8. The number of rotatable bonds is 4. The molecular weight excluding hydrogens is 362 g/mol. The smallest absolute Gasteiger partial charge is 0.0461 e. The SMILES string of the molecule is C=S(C)N1CCN(c2cc(C3CC3)cc(C)c2C=NC)CC1(C)C.CC.CC. The fourth-order valence-corrected chi connectivity index (χ4v) is 5.24. The fourth-order valence-electron chi connectivity index (χ4n) is 3.94. The molecule has 0 radical (unpaired) electrons. The van der Waals surface area contributed by atoms with E-state index < -0.39 is 0 Å². The molecule has 2 fully saturated rings. The van der Waals surface area contributed by atoms with Gasteiger partial charge in [0, 0.05) is 49.7 Å². The lowest BCUT2D eigenvalue weighted by molar-refractivity contribution is 0.224. The summed E-state index contributed by atoms with van der Waals surface area (Å²) in [6.45, 7) is 18.1. The normalized spacial score (nSPS) is 20.1. The molecule has 2 aliphatic rings. The Labute approximate surface area is 177 Å². The molecule has 1 saturated heterocycles. The second-order valence-electron chi connectivity index (χ2n) is 7.87. The summed E-state index contributed by atoms with van der Waals surface area (Å²) < 4.78 is 2.55. The molecule has 1 unspecified atom stereocenters. The highest BCUT2D eigenvalue weighted by molar-refractivity contribution is 8.11. The number of nitrogens with zero attached hydrogens (tertiary/aromatic N) is 3. The Morgan fingerprint density at radius 3 is 2.21 bits per heavy atom. The Balaban J connectivity index is 0.000000921. The Hall–Kier alpha value is -1.13. The third-order valence-electron chi connectivity index (χ3n) is 5.24. The van der Waals surface area contributed by atoms with Gasteiger partial charge in [0.2, 0.25) is 0 Å². The minimum absolute atomic E-state index is 0.0727. The molecule has 1 heterocycles. The van der Waals surface area contributed by atoms with Crippen molar-refractivity contribution in [2.75, 3.05) is 37.8 Å². The first kappa shape index (κ1) is 24.9. The number of hydrogen-bond donors (Lipinski definition) is 0. The van der Waals surface area contributed by atoms with Crippen LogP contribution >= 0.6 is 10.7 Å². The predicted molar refractivity (Wildman–Crippen MR) is 133 cm³/mol. The summed E-state index contributed by atoms with van der Waals surface area (Å²) in [5.41, 5.74) is 5.67. The van der Waals surface area contributed by atoms with E-state index in [0.29, 0.717) is 0 Å². The van der Waals surface area contributed by atoms with Gasteiger partial charge in [-0.05, 0) is 63.0 Å². The van der Waals surface area contributed by atoms with Gasteiger partial charge in [-0.1, -0.05) is 39.6 Å². The van der Waals surface area contributed by atoms with Gasteiger partial charge in [-0.15, -0.1) is 10.7 Å². The van der Waals surface area contributed by atoms with Crippen molar-refractivity contribution in [3.05, 3.63) is 28.8 Å². The molecule has 0 bridgehead atoms. The fraction of sp³-hybridized carbons (Fsp3) is 0.667. The van der Waals surface area contributed by atoms with Crippen LogP contribution in [-0.2, 0) is 0 Å². The molecular formula is C24H43N3S. The summed E-state index contributed by atoms with van der Waals surface area (Å²) in [6, 6.07) is 4.81. The van der Waals surface area contributed by atoms with Crippen LogP contribution in [0.4, 0.5) is 5.69 Å². The van der Waals surface area contributed by atoms with Crippen LogP contribution in [0.3, 0.4) is 0 Å². The summed E-state index contributed by atoms with van der Waals surface area (Å²) >= 11 is 0. The minimum Gasteiger partial charge on any atom is -0.368 e. The van der Waals surface area contributed by atoms with Crippen molar-refractivity contribution < 1.29 is 0 Å². The highest BCUT2D eigenvalue weighted by Crippen LogP contribution is 2.43. The standard InChI is InChI=1S/C20H31N3S.2C2H6/c1-15-11-17(16-7-8-16)12-19(18(15)13-21-4)22-9-10-23(24(5)6)20(2,3)14-22;2*1-2/h11-13,16H,5,7-10,14H2,1-4,6H3;2*1-2H3. The van der Waals surface area contributed by atoms with Crippen LogP contribution in [-0.4, -0.2) is 54.9 Å². The molecule has 0 amide bonds. The van der Waals surface area contributed by atoms with Crippen molar-refractivity contribution in [1.29, 1.82) is 0 Å². The molecule has 3 rings (SSSR count). The lowest BCUT2D eigenvalue weighted by Crippen LogP contribution is -2.57. The molecule has 0 spiro atoms. The Morgan fingerprint density at radius 1 is 1.14 bits per heavy atom. The summed E-state index contributed by atoms with van der Waals surface area (Å²) in [7, 11) is 1.94. The van der Waals surface area contributed by atoms with E-state index in [9.17, 15) is 0 Å². The summed E-state index contributed by atoms with van der Waals surface area (Å²) in [6.07, 6.45) is 6.95. The Morgan fingerprint density at radius 2 is 1.75 bits per heavy atom. The van der Waals surface area contributed by atoms with Crippen LogP contribution in [0.2, 0.25) is 0 Å². The van der Waals surface area contributed by atoms with E-state index >= 15 is 0 Å². The number of benzene rings is 1. The van der Waals surface area contributed by atoms with Crippen LogP contribution in [0.15, 0.2) is 17.1 Å². The third-order valence-corrected chi connectivity index (χ3v) is 6.67. The van der Waals surface area contributed by atoms with Crippen LogP contribution in [0.1, 0.15) is 77.0 Å². The average Bonchev–Trinajstić information content (AvgIpc) is 3.50. The van der Waals surface area contributed by atoms with Gasteiger partial charge in [0.25, 0.3) is 0 Å². The Bertz CT molecular complexity index is 675. The first-order valence-corrected chi connectivity index (χ1v) is 12.6. The summed E-state index contributed by atoms with van der Waals surface area (Å²) in [5.74, 6) is 5.06. The number of hydrogen-bond acceptors (Lipinski definition) is 3. The monoisotopic (exact) mass is 405 g/mol. The second-order valence-corrected chi connectivity index (χ2v) is 9.51. The largest absolute Gasteiger partial charge is 0.368 e. The van der Waals surface area contributed by atoms with Gasteiger partial charge in [-0.2, -0.15) is 0 Å². The van der Waals surface area contributed by atoms with E-state index in [1.54, 1.807) is 0 Å². The van der Waals surface area contributed by atoms with E-state index in [1.165, 1.54) is 35.2 Å². The first-order chi connectivity index (χ1) is 13.3. The van der Waals surface area contributed by atoms with E-state index in [0.717, 1.165) is 25.6 Å². The quantitative estimate of drug-likeness (QED) is 0.444. The molecule has 1 saturated carbocycles. The van der Waals surface area contributed by atoms with Gasteiger partial charge in [0.15, 0.2) is 0 Å². The van der Waals surface area contributed by atoms with Crippen molar-refractivity contribution in [2.24, 2.45) is 4.99 Å². The van der Waals surface area contributed by atoms with Gasteiger partial charge in [0.1, 0.15) is 0 Å².